The molecule has 16 heavy (non-hydrogen) atoms. The van der Waals surface area contributed by atoms with Gasteiger partial charge in [-0.3, -0.25) is 4.90 Å². The van der Waals surface area contributed by atoms with E-state index in [2.05, 4.69) is 35.5 Å². The monoisotopic (exact) mass is 218 g/mol. The van der Waals surface area contributed by atoms with E-state index in [9.17, 15) is 0 Å². The van der Waals surface area contributed by atoms with Gasteiger partial charge in [-0.2, -0.15) is 0 Å². The van der Waals surface area contributed by atoms with Crippen molar-refractivity contribution in [1.82, 2.24) is 10.2 Å². The van der Waals surface area contributed by atoms with Crippen molar-refractivity contribution in [3.8, 4) is 5.75 Å². The molecule has 1 aromatic carbocycles. The normalized spacial score (nSPS) is 25.2. The topological polar surface area (TPSA) is 24.5 Å². The molecule has 1 atom stereocenters. The van der Waals surface area contributed by atoms with Crippen LogP contribution in [0.1, 0.15) is 17.2 Å². The molecule has 0 saturated carbocycles. The lowest BCUT2D eigenvalue weighted by Gasteiger charge is -2.34. The lowest BCUT2D eigenvalue weighted by molar-refractivity contribution is 0.197. The Hall–Kier alpha value is -1.06. The summed E-state index contributed by atoms with van der Waals surface area (Å²) in [6.07, 6.45) is 1.06. The standard InChI is InChI=1S/C13H18N2O/c1-15-7-6-14-9-12(15)11-4-2-3-10-5-8-16-13(10)11/h2-4,12,14H,5-9H2,1H3. The van der Waals surface area contributed by atoms with Crippen LogP contribution in [0.5, 0.6) is 5.75 Å². The molecule has 0 radical (unpaired) electrons. The summed E-state index contributed by atoms with van der Waals surface area (Å²) in [5.41, 5.74) is 2.72. The zero-order valence-corrected chi connectivity index (χ0v) is 9.70. The van der Waals surface area contributed by atoms with Crippen molar-refractivity contribution in [3.05, 3.63) is 29.3 Å². The molecule has 86 valence electrons. The zero-order chi connectivity index (χ0) is 11.0. The Morgan fingerprint density at radius 1 is 1.44 bits per heavy atom. The van der Waals surface area contributed by atoms with Gasteiger partial charge in [0.25, 0.3) is 0 Å². The maximum Gasteiger partial charge on any atom is 0.127 e. The number of nitrogens with zero attached hydrogens (tertiary/aromatic N) is 1. The first kappa shape index (κ1) is 10.1. The Morgan fingerprint density at radius 3 is 3.25 bits per heavy atom. The molecule has 0 aliphatic carbocycles. The first-order chi connectivity index (χ1) is 7.86. The molecule has 0 aromatic heterocycles. The second kappa shape index (κ2) is 4.07. The smallest absolute Gasteiger partial charge is 0.127 e. The van der Waals surface area contributed by atoms with Crippen LogP contribution in [0.25, 0.3) is 0 Å². The number of ether oxygens (including phenoxy) is 1. The Labute approximate surface area is 96.4 Å². The minimum absolute atomic E-state index is 0.460. The summed E-state index contributed by atoms with van der Waals surface area (Å²) in [6, 6.07) is 7.01. The largest absolute Gasteiger partial charge is 0.493 e. The second-order valence-corrected chi connectivity index (χ2v) is 4.63. The fourth-order valence-corrected chi connectivity index (χ4v) is 2.66. The molecule has 1 saturated heterocycles. The van der Waals surface area contributed by atoms with Gasteiger partial charge >= 0.3 is 0 Å². The van der Waals surface area contributed by atoms with Crippen LogP contribution in [0.2, 0.25) is 0 Å². The number of fused-ring (bicyclic) bond motifs is 1. The van der Waals surface area contributed by atoms with Gasteiger partial charge in [-0.05, 0) is 12.6 Å². The van der Waals surface area contributed by atoms with E-state index in [1.807, 2.05) is 0 Å². The zero-order valence-electron chi connectivity index (χ0n) is 9.70. The minimum atomic E-state index is 0.460. The van der Waals surface area contributed by atoms with E-state index in [1.165, 1.54) is 11.1 Å². The van der Waals surface area contributed by atoms with Gasteiger partial charge in [-0.1, -0.05) is 18.2 Å². The van der Waals surface area contributed by atoms with Gasteiger partial charge in [-0.25, -0.2) is 0 Å². The summed E-state index contributed by atoms with van der Waals surface area (Å²) in [5, 5.41) is 3.46. The summed E-state index contributed by atoms with van der Waals surface area (Å²) in [6.45, 7) is 4.06. The quantitative estimate of drug-likeness (QED) is 0.766. The predicted octanol–water partition coefficient (Wildman–Crippen LogP) is 1.20. The molecule has 3 nitrogen and oxygen atoms in total. The van der Waals surface area contributed by atoms with E-state index in [-0.39, 0.29) is 0 Å². The van der Waals surface area contributed by atoms with Gasteiger partial charge in [0.2, 0.25) is 0 Å². The molecule has 0 spiro atoms. The van der Waals surface area contributed by atoms with Crippen LogP contribution in [-0.2, 0) is 6.42 Å². The molecular formula is C13H18N2O. The number of hydrogen-bond acceptors (Lipinski definition) is 3. The third kappa shape index (κ3) is 1.60. The van der Waals surface area contributed by atoms with Crippen LogP contribution in [-0.4, -0.2) is 38.2 Å². The molecule has 3 heteroatoms. The second-order valence-electron chi connectivity index (χ2n) is 4.63. The van der Waals surface area contributed by atoms with Crippen LogP contribution >= 0.6 is 0 Å². The fourth-order valence-electron chi connectivity index (χ4n) is 2.66. The van der Waals surface area contributed by atoms with Gasteiger partial charge in [0.15, 0.2) is 0 Å². The number of piperazine rings is 1. The molecule has 2 heterocycles. The highest BCUT2D eigenvalue weighted by Gasteiger charge is 2.26. The third-order valence-corrected chi connectivity index (χ3v) is 3.61. The molecule has 3 rings (SSSR count). The highest BCUT2D eigenvalue weighted by atomic mass is 16.5. The van der Waals surface area contributed by atoms with Crippen molar-refractivity contribution >= 4 is 0 Å². The average Bonchev–Trinajstić information content (AvgIpc) is 2.77. The number of likely N-dealkylation sites (N-methyl/N-ethyl adjacent to an activating group) is 1. The summed E-state index contributed by atoms with van der Waals surface area (Å²) in [5.74, 6) is 1.14. The molecule has 0 bridgehead atoms. The van der Waals surface area contributed by atoms with Crippen molar-refractivity contribution in [1.29, 1.82) is 0 Å². The lowest BCUT2D eigenvalue weighted by atomic mass is 9.99. The van der Waals surface area contributed by atoms with Crippen molar-refractivity contribution < 1.29 is 4.74 Å². The van der Waals surface area contributed by atoms with Gasteiger partial charge in [0.1, 0.15) is 5.75 Å². The maximum absolute atomic E-state index is 5.78. The molecule has 1 aromatic rings. The Morgan fingerprint density at radius 2 is 2.38 bits per heavy atom. The summed E-state index contributed by atoms with van der Waals surface area (Å²) < 4.78 is 5.78. The molecule has 2 aliphatic rings. The van der Waals surface area contributed by atoms with Gasteiger partial charge in [-0.15, -0.1) is 0 Å². The van der Waals surface area contributed by atoms with Crippen molar-refractivity contribution in [2.75, 3.05) is 33.3 Å². The van der Waals surface area contributed by atoms with E-state index >= 15 is 0 Å². The first-order valence-corrected chi connectivity index (χ1v) is 6.02. The number of nitrogens with one attached hydrogen (secondary N) is 1. The average molecular weight is 218 g/mol. The summed E-state index contributed by atoms with van der Waals surface area (Å²) in [7, 11) is 2.19. The lowest BCUT2D eigenvalue weighted by Crippen LogP contribution is -2.43. The number of rotatable bonds is 1. The third-order valence-electron chi connectivity index (χ3n) is 3.61. The van der Waals surface area contributed by atoms with Crippen molar-refractivity contribution in [3.63, 3.8) is 0 Å². The minimum Gasteiger partial charge on any atom is -0.493 e. The molecular weight excluding hydrogens is 200 g/mol. The number of para-hydroxylation sites is 1. The van der Waals surface area contributed by atoms with Crippen LogP contribution < -0.4 is 10.1 Å². The van der Waals surface area contributed by atoms with Gasteiger partial charge < -0.3 is 10.1 Å². The number of benzene rings is 1. The van der Waals surface area contributed by atoms with Crippen LogP contribution in [0.15, 0.2) is 18.2 Å². The molecule has 1 N–H and O–H groups in total. The first-order valence-electron chi connectivity index (χ1n) is 6.02. The van der Waals surface area contributed by atoms with Gasteiger partial charge in [0, 0.05) is 31.6 Å². The van der Waals surface area contributed by atoms with E-state index in [0.29, 0.717) is 6.04 Å². The van der Waals surface area contributed by atoms with Crippen molar-refractivity contribution in [2.24, 2.45) is 0 Å². The Bertz CT molecular complexity index is 392. The molecule has 2 aliphatic heterocycles. The molecule has 0 amide bonds. The summed E-state index contributed by atoms with van der Waals surface area (Å²) in [4.78, 5) is 2.41. The van der Waals surface area contributed by atoms with Crippen molar-refractivity contribution in [2.45, 2.75) is 12.5 Å². The summed E-state index contributed by atoms with van der Waals surface area (Å²) >= 11 is 0. The van der Waals surface area contributed by atoms with E-state index in [4.69, 9.17) is 4.74 Å². The van der Waals surface area contributed by atoms with E-state index < -0.39 is 0 Å². The predicted molar refractivity (Wildman–Crippen MR) is 63.9 cm³/mol. The van der Waals surface area contributed by atoms with Crippen LogP contribution in [0.3, 0.4) is 0 Å². The SMILES string of the molecule is CN1CCNCC1c1cccc2c1OCC2. The highest BCUT2D eigenvalue weighted by Crippen LogP contribution is 2.35. The van der Waals surface area contributed by atoms with Gasteiger partial charge in [0.05, 0.1) is 12.6 Å². The maximum atomic E-state index is 5.78. The molecule has 1 unspecified atom stereocenters. The Kier molecular flexibility index (Phi) is 2.58. The number of hydrogen-bond donors (Lipinski definition) is 1. The highest BCUT2D eigenvalue weighted by molar-refractivity contribution is 5.45. The van der Waals surface area contributed by atoms with E-state index in [1.54, 1.807) is 0 Å². The van der Waals surface area contributed by atoms with Crippen LogP contribution in [0, 0.1) is 0 Å². The fraction of sp³-hybridized carbons (Fsp3) is 0.538. The Balaban J connectivity index is 1.96. The molecule has 1 fully saturated rings. The van der Waals surface area contributed by atoms with Crippen LogP contribution in [0.4, 0.5) is 0 Å². The van der Waals surface area contributed by atoms with E-state index in [0.717, 1.165) is 38.4 Å².